The summed E-state index contributed by atoms with van der Waals surface area (Å²) < 4.78 is 7.40. The number of rotatable bonds is 5. The highest BCUT2D eigenvalue weighted by Gasteiger charge is 2.27. The lowest BCUT2D eigenvalue weighted by atomic mass is 9.99. The van der Waals surface area contributed by atoms with Gasteiger partial charge in [-0.1, -0.05) is 25.1 Å². The van der Waals surface area contributed by atoms with E-state index >= 15 is 0 Å². The second-order valence-electron chi connectivity index (χ2n) is 5.80. The Bertz CT molecular complexity index is 583. The van der Waals surface area contributed by atoms with Crippen LogP contribution in [0.3, 0.4) is 0 Å². The molecular weight excluding hydrogens is 280 g/mol. The van der Waals surface area contributed by atoms with Crippen molar-refractivity contribution in [3.8, 4) is 0 Å². The van der Waals surface area contributed by atoms with E-state index in [9.17, 15) is 0 Å². The zero-order valence-electron chi connectivity index (χ0n) is 12.8. The molecule has 0 saturated carbocycles. The number of hydrogen-bond acceptors (Lipinski definition) is 4. The van der Waals surface area contributed by atoms with E-state index in [2.05, 4.69) is 53.8 Å². The van der Waals surface area contributed by atoms with Gasteiger partial charge in [0.15, 0.2) is 0 Å². The van der Waals surface area contributed by atoms with Gasteiger partial charge in [0.05, 0.1) is 12.7 Å². The quantitative estimate of drug-likeness (QED) is 0.919. The summed E-state index contributed by atoms with van der Waals surface area (Å²) in [6.45, 7) is 6.05. The fraction of sp³-hybridized carbons (Fsp3) is 0.529. The molecule has 2 aromatic rings. The maximum Gasteiger partial charge on any atom is 0.0858 e. The third-order valence-electron chi connectivity index (χ3n) is 4.21. The van der Waals surface area contributed by atoms with Crippen LogP contribution >= 0.6 is 11.3 Å². The lowest BCUT2D eigenvalue weighted by Crippen LogP contribution is -2.52. The highest BCUT2D eigenvalue weighted by atomic mass is 32.1. The van der Waals surface area contributed by atoms with Crippen molar-refractivity contribution in [1.29, 1.82) is 0 Å². The fourth-order valence-corrected chi connectivity index (χ4v) is 4.06. The predicted molar refractivity (Wildman–Crippen MR) is 90.2 cm³/mol. The number of fused-ring (bicyclic) bond motifs is 1. The maximum absolute atomic E-state index is 6.02. The minimum absolute atomic E-state index is 0.280. The molecule has 3 rings (SSSR count). The van der Waals surface area contributed by atoms with Crippen molar-refractivity contribution in [1.82, 2.24) is 10.2 Å². The summed E-state index contributed by atoms with van der Waals surface area (Å²) in [5.41, 5.74) is 1.44. The van der Waals surface area contributed by atoms with E-state index in [1.54, 1.807) is 0 Å². The zero-order chi connectivity index (χ0) is 14.7. The van der Waals surface area contributed by atoms with Crippen molar-refractivity contribution in [2.75, 3.05) is 33.3 Å². The van der Waals surface area contributed by atoms with E-state index in [1.807, 2.05) is 11.3 Å². The molecule has 1 aromatic carbocycles. The first-order valence-electron chi connectivity index (χ1n) is 7.76. The molecule has 4 heteroatoms. The lowest BCUT2D eigenvalue weighted by molar-refractivity contribution is -0.0381. The molecule has 2 unspecified atom stereocenters. The molecule has 0 bridgehead atoms. The van der Waals surface area contributed by atoms with Crippen molar-refractivity contribution < 1.29 is 4.74 Å². The zero-order valence-corrected chi connectivity index (χ0v) is 13.7. The van der Waals surface area contributed by atoms with Gasteiger partial charge in [0.1, 0.15) is 0 Å². The normalized spacial score (nSPS) is 21.7. The SMILES string of the molecule is CCNC(Cc1csc2ccccc12)C1CN(C)CCO1. The molecule has 0 radical (unpaired) electrons. The van der Waals surface area contributed by atoms with Crippen molar-refractivity contribution in [2.45, 2.75) is 25.5 Å². The summed E-state index contributed by atoms with van der Waals surface area (Å²) in [5, 5.41) is 7.33. The van der Waals surface area contributed by atoms with Gasteiger partial charge in [-0.2, -0.15) is 0 Å². The van der Waals surface area contributed by atoms with Crippen LogP contribution in [0.2, 0.25) is 0 Å². The monoisotopic (exact) mass is 304 g/mol. The molecular formula is C17H24N2OS. The van der Waals surface area contributed by atoms with E-state index in [0.717, 1.165) is 32.7 Å². The third kappa shape index (κ3) is 3.46. The largest absolute Gasteiger partial charge is 0.374 e. The summed E-state index contributed by atoms with van der Waals surface area (Å²) >= 11 is 1.84. The van der Waals surface area contributed by atoms with E-state index in [4.69, 9.17) is 4.74 Å². The Labute approximate surface area is 130 Å². The second-order valence-corrected chi connectivity index (χ2v) is 6.71. The van der Waals surface area contributed by atoms with Gasteiger partial charge in [-0.25, -0.2) is 0 Å². The molecule has 1 N–H and O–H groups in total. The first-order valence-corrected chi connectivity index (χ1v) is 8.64. The highest BCUT2D eigenvalue weighted by Crippen LogP contribution is 2.27. The topological polar surface area (TPSA) is 24.5 Å². The van der Waals surface area contributed by atoms with Gasteiger partial charge in [-0.05, 0) is 42.4 Å². The lowest BCUT2D eigenvalue weighted by Gasteiger charge is -2.35. The van der Waals surface area contributed by atoms with Crippen LogP contribution in [0.1, 0.15) is 12.5 Å². The number of nitrogens with one attached hydrogen (secondary N) is 1. The Morgan fingerprint density at radius 1 is 1.43 bits per heavy atom. The second kappa shape index (κ2) is 6.88. The molecule has 1 fully saturated rings. The van der Waals surface area contributed by atoms with Gasteiger partial charge >= 0.3 is 0 Å². The molecule has 2 atom stereocenters. The van der Waals surface area contributed by atoms with Crippen LogP contribution in [0, 0.1) is 0 Å². The summed E-state index contributed by atoms with van der Waals surface area (Å²) in [6, 6.07) is 9.07. The average Bonchev–Trinajstić information content (AvgIpc) is 2.90. The molecule has 0 amide bonds. The van der Waals surface area contributed by atoms with Crippen LogP contribution in [-0.2, 0) is 11.2 Å². The van der Waals surface area contributed by atoms with Crippen LogP contribution in [0.25, 0.3) is 10.1 Å². The van der Waals surface area contributed by atoms with Crippen molar-refractivity contribution in [3.05, 3.63) is 35.2 Å². The van der Waals surface area contributed by atoms with Crippen LogP contribution in [0.4, 0.5) is 0 Å². The molecule has 114 valence electrons. The number of benzene rings is 1. The number of likely N-dealkylation sites (N-methyl/N-ethyl adjacent to an activating group) is 2. The van der Waals surface area contributed by atoms with Crippen LogP contribution in [0.5, 0.6) is 0 Å². The number of nitrogens with zero attached hydrogens (tertiary/aromatic N) is 1. The Hall–Kier alpha value is -0.940. The number of hydrogen-bond donors (Lipinski definition) is 1. The minimum Gasteiger partial charge on any atom is -0.374 e. The van der Waals surface area contributed by atoms with Gasteiger partial charge in [0.25, 0.3) is 0 Å². The Balaban J connectivity index is 1.78. The standard InChI is InChI=1S/C17H24N2OS/c1-3-18-15(16-11-19(2)8-9-20-16)10-13-12-21-17-7-5-4-6-14(13)17/h4-7,12,15-16,18H,3,8-11H2,1-2H3. The molecule has 21 heavy (non-hydrogen) atoms. The minimum atomic E-state index is 0.280. The van der Waals surface area contributed by atoms with E-state index in [-0.39, 0.29) is 6.10 Å². The predicted octanol–water partition coefficient (Wildman–Crippen LogP) is 2.75. The van der Waals surface area contributed by atoms with Gasteiger partial charge in [-0.3, -0.25) is 0 Å². The summed E-state index contributed by atoms with van der Waals surface area (Å²) in [7, 11) is 2.18. The van der Waals surface area contributed by atoms with Gasteiger partial charge < -0.3 is 15.0 Å². The molecule has 3 nitrogen and oxygen atoms in total. The van der Waals surface area contributed by atoms with Crippen molar-refractivity contribution in [2.24, 2.45) is 0 Å². The average molecular weight is 304 g/mol. The van der Waals surface area contributed by atoms with E-state index in [1.165, 1.54) is 15.6 Å². The molecule has 1 saturated heterocycles. The molecule has 1 aromatic heterocycles. The maximum atomic E-state index is 6.02. The van der Waals surface area contributed by atoms with E-state index in [0.29, 0.717) is 6.04 Å². The molecule has 0 aliphatic carbocycles. The van der Waals surface area contributed by atoms with E-state index < -0.39 is 0 Å². The first kappa shape index (κ1) is 15.0. The summed E-state index contributed by atoms with van der Waals surface area (Å²) in [5.74, 6) is 0. The van der Waals surface area contributed by atoms with Crippen molar-refractivity contribution >= 4 is 21.4 Å². The summed E-state index contributed by atoms with van der Waals surface area (Å²) in [6.07, 6.45) is 1.32. The molecule has 0 spiro atoms. The van der Waals surface area contributed by atoms with Crippen LogP contribution in [0.15, 0.2) is 29.6 Å². The number of morpholine rings is 1. The van der Waals surface area contributed by atoms with Gasteiger partial charge in [0.2, 0.25) is 0 Å². The van der Waals surface area contributed by atoms with Crippen molar-refractivity contribution in [3.63, 3.8) is 0 Å². The Morgan fingerprint density at radius 2 is 2.29 bits per heavy atom. The van der Waals surface area contributed by atoms with Gasteiger partial charge in [-0.15, -0.1) is 11.3 Å². The number of thiophene rings is 1. The molecule has 1 aliphatic heterocycles. The third-order valence-corrected chi connectivity index (χ3v) is 5.22. The van der Waals surface area contributed by atoms with Crippen LogP contribution < -0.4 is 5.32 Å². The van der Waals surface area contributed by atoms with Crippen LogP contribution in [-0.4, -0.2) is 50.3 Å². The number of ether oxygens (including phenoxy) is 1. The Morgan fingerprint density at radius 3 is 3.10 bits per heavy atom. The first-order chi connectivity index (χ1) is 10.3. The van der Waals surface area contributed by atoms with Gasteiger partial charge in [0, 0.05) is 23.8 Å². The molecule has 2 heterocycles. The highest BCUT2D eigenvalue weighted by molar-refractivity contribution is 7.17. The Kier molecular flexibility index (Phi) is 4.91. The summed E-state index contributed by atoms with van der Waals surface area (Å²) in [4.78, 5) is 2.37. The molecule has 1 aliphatic rings. The fourth-order valence-electron chi connectivity index (χ4n) is 3.08. The smallest absolute Gasteiger partial charge is 0.0858 e.